The van der Waals surface area contributed by atoms with E-state index in [-0.39, 0.29) is 5.78 Å². The fourth-order valence-corrected chi connectivity index (χ4v) is 1.18. The third-order valence-electron chi connectivity index (χ3n) is 1.95. The Hall–Kier alpha value is -1.57. The summed E-state index contributed by atoms with van der Waals surface area (Å²) in [5.74, 6) is 0.0748. The summed E-state index contributed by atoms with van der Waals surface area (Å²) in [6, 6.07) is 5.52. The number of hydrogen-bond acceptors (Lipinski definition) is 2. The van der Waals surface area contributed by atoms with Crippen molar-refractivity contribution in [3.05, 3.63) is 35.9 Å². The van der Waals surface area contributed by atoms with E-state index in [1.54, 1.807) is 19.1 Å². The molecule has 0 fully saturated rings. The van der Waals surface area contributed by atoms with Crippen molar-refractivity contribution >= 4 is 17.5 Å². The molecule has 0 unspecified atom stereocenters. The standard InChI is InChI=1S/C11H13NO/c1-4-9-7-10(8(2)13)5-6-11(9)12-3/h4-7,12H,1H2,2-3H3. The third-order valence-corrected chi connectivity index (χ3v) is 1.95. The van der Waals surface area contributed by atoms with Crippen molar-refractivity contribution in [2.75, 3.05) is 12.4 Å². The highest BCUT2D eigenvalue weighted by atomic mass is 16.1. The van der Waals surface area contributed by atoms with E-state index in [1.165, 1.54) is 0 Å². The second kappa shape index (κ2) is 3.90. The van der Waals surface area contributed by atoms with Gasteiger partial charge in [-0.15, -0.1) is 0 Å². The number of hydrogen-bond donors (Lipinski definition) is 1. The fraction of sp³-hybridized carbons (Fsp3) is 0.182. The lowest BCUT2D eigenvalue weighted by atomic mass is 10.1. The zero-order valence-corrected chi connectivity index (χ0v) is 7.92. The topological polar surface area (TPSA) is 29.1 Å². The summed E-state index contributed by atoms with van der Waals surface area (Å²) in [6.45, 7) is 5.25. The fourth-order valence-electron chi connectivity index (χ4n) is 1.18. The first-order valence-corrected chi connectivity index (χ1v) is 4.14. The van der Waals surface area contributed by atoms with Crippen LogP contribution in [-0.4, -0.2) is 12.8 Å². The number of carbonyl (C=O) groups excluding carboxylic acids is 1. The summed E-state index contributed by atoms with van der Waals surface area (Å²) < 4.78 is 0. The first-order chi connectivity index (χ1) is 6.19. The molecule has 0 radical (unpaired) electrons. The maximum absolute atomic E-state index is 11.1. The molecule has 0 aliphatic rings. The molecule has 2 heteroatoms. The predicted octanol–water partition coefficient (Wildman–Crippen LogP) is 2.57. The lowest BCUT2D eigenvalue weighted by molar-refractivity contribution is 0.101. The number of anilines is 1. The molecule has 1 N–H and O–H groups in total. The first kappa shape index (κ1) is 9.52. The van der Waals surface area contributed by atoms with Gasteiger partial charge in [-0.1, -0.05) is 12.7 Å². The minimum atomic E-state index is 0.0748. The van der Waals surface area contributed by atoms with Crippen LogP contribution in [0.3, 0.4) is 0 Å². The number of Topliss-reactive ketones (excluding diaryl/α,β-unsaturated/α-hetero) is 1. The second-order valence-corrected chi connectivity index (χ2v) is 2.81. The van der Waals surface area contributed by atoms with Crippen LogP contribution in [0.25, 0.3) is 6.08 Å². The van der Waals surface area contributed by atoms with Gasteiger partial charge in [0.25, 0.3) is 0 Å². The van der Waals surface area contributed by atoms with Gasteiger partial charge in [0.1, 0.15) is 0 Å². The van der Waals surface area contributed by atoms with Crippen LogP contribution >= 0.6 is 0 Å². The Morgan fingerprint density at radius 2 is 2.23 bits per heavy atom. The molecule has 0 amide bonds. The summed E-state index contributed by atoms with van der Waals surface area (Å²) in [6.07, 6.45) is 1.73. The predicted molar refractivity (Wildman–Crippen MR) is 56.1 cm³/mol. The molecule has 0 spiro atoms. The lowest BCUT2D eigenvalue weighted by Crippen LogP contribution is -1.96. The lowest BCUT2D eigenvalue weighted by Gasteiger charge is -2.06. The van der Waals surface area contributed by atoms with E-state index in [0.29, 0.717) is 5.56 Å². The molecule has 1 aromatic carbocycles. The minimum Gasteiger partial charge on any atom is -0.388 e. The molecule has 68 valence electrons. The largest absolute Gasteiger partial charge is 0.388 e. The Morgan fingerprint density at radius 3 is 2.69 bits per heavy atom. The van der Waals surface area contributed by atoms with Crippen LogP contribution in [0.4, 0.5) is 5.69 Å². The molecule has 1 aromatic rings. The third kappa shape index (κ3) is 1.96. The number of rotatable bonds is 3. The van der Waals surface area contributed by atoms with Gasteiger partial charge in [-0.25, -0.2) is 0 Å². The van der Waals surface area contributed by atoms with E-state index >= 15 is 0 Å². The normalized spacial score (nSPS) is 9.38. The molecule has 0 aromatic heterocycles. The summed E-state index contributed by atoms with van der Waals surface area (Å²) in [4.78, 5) is 11.1. The van der Waals surface area contributed by atoms with Gasteiger partial charge in [-0.05, 0) is 30.7 Å². The van der Waals surface area contributed by atoms with Gasteiger partial charge >= 0.3 is 0 Å². The first-order valence-electron chi connectivity index (χ1n) is 4.14. The van der Waals surface area contributed by atoms with E-state index < -0.39 is 0 Å². The molecule has 0 saturated heterocycles. The smallest absolute Gasteiger partial charge is 0.159 e. The van der Waals surface area contributed by atoms with Gasteiger partial charge in [-0.2, -0.15) is 0 Å². The maximum Gasteiger partial charge on any atom is 0.159 e. The summed E-state index contributed by atoms with van der Waals surface area (Å²) >= 11 is 0. The molecule has 0 atom stereocenters. The molecule has 13 heavy (non-hydrogen) atoms. The van der Waals surface area contributed by atoms with E-state index in [0.717, 1.165) is 11.3 Å². The summed E-state index contributed by atoms with van der Waals surface area (Å²) in [5, 5.41) is 3.03. The van der Waals surface area contributed by atoms with Crippen molar-refractivity contribution < 1.29 is 4.79 Å². The average Bonchev–Trinajstić information content (AvgIpc) is 2.16. The molecule has 0 bridgehead atoms. The van der Waals surface area contributed by atoms with Crippen LogP contribution in [-0.2, 0) is 0 Å². The van der Waals surface area contributed by atoms with Crippen molar-refractivity contribution in [1.29, 1.82) is 0 Å². The number of benzene rings is 1. The Kier molecular flexibility index (Phi) is 2.85. The van der Waals surface area contributed by atoms with Crippen LogP contribution < -0.4 is 5.32 Å². The number of ketones is 1. The average molecular weight is 175 g/mol. The minimum absolute atomic E-state index is 0.0748. The zero-order valence-electron chi connectivity index (χ0n) is 7.92. The zero-order chi connectivity index (χ0) is 9.84. The molecular weight excluding hydrogens is 162 g/mol. The van der Waals surface area contributed by atoms with Gasteiger partial charge in [0.05, 0.1) is 0 Å². The Bertz CT molecular complexity index is 342. The van der Waals surface area contributed by atoms with Gasteiger partial charge in [0.15, 0.2) is 5.78 Å². The summed E-state index contributed by atoms with van der Waals surface area (Å²) in [7, 11) is 1.84. The molecule has 0 aliphatic heterocycles. The second-order valence-electron chi connectivity index (χ2n) is 2.81. The van der Waals surface area contributed by atoms with Crippen LogP contribution in [0.5, 0.6) is 0 Å². The van der Waals surface area contributed by atoms with Gasteiger partial charge in [0, 0.05) is 18.3 Å². The maximum atomic E-state index is 11.1. The molecule has 0 heterocycles. The highest BCUT2D eigenvalue weighted by Crippen LogP contribution is 2.18. The van der Waals surface area contributed by atoms with Gasteiger partial charge < -0.3 is 5.32 Å². The van der Waals surface area contributed by atoms with Gasteiger partial charge in [-0.3, -0.25) is 4.79 Å². The van der Waals surface area contributed by atoms with Crippen molar-refractivity contribution in [3.63, 3.8) is 0 Å². The molecule has 0 aliphatic carbocycles. The van der Waals surface area contributed by atoms with E-state index in [1.807, 2.05) is 19.2 Å². The molecule has 1 rings (SSSR count). The van der Waals surface area contributed by atoms with E-state index in [2.05, 4.69) is 11.9 Å². The number of nitrogens with one attached hydrogen (secondary N) is 1. The molecule has 2 nitrogen and oxygen atoms in total. The van der Waals surface area contributed by atoms with E-state index in [4.69, 9.17) is 0 Å². The van der Waals surface area contributed by atoms with Crippen molar-refractivity contribution in [2.45, 2.75) is 6.92 Å². The van der Waals surface area contributed by atoms with Crippen molar-refractivity contribution in [2.24, 2.45) is 0 Å². The SMILES string of the molecule is C=Cc1cc(C(C)=O)ccc1NC. The highest BCUT2D eigenvalue weighted by Gasteiger charge is 2.02. The van der Waals surface area contributed by atoms with Crippen molar-refractivity contribution in [1.82, 2.24) is 0 Å². The van der Waals surface area contributed by atoms with Crippen LogP contribution in [0.1, 0.15) is 22.8 Å². The van der Waals surface area contributed by atoms with Crippen molar-refractivity contribution in [3.8, 4) is 0 Å². The van der Waals surface area contributed by atoms with Crippen LogP contribution in [0, 0.1) is 0 Å². The molecular formula is C11H13NO. The Morgan fingerprint density at radius 1 is 1.54 bits per heavy atom. The van der Waals surface area contributed by atoms with Gasteiger partial charge in [0.2, 0.25) is 0 Å². The Labute approximate surface area is 78.3 Å². The summed E-state index contributed by atoms with van der Waals surface area (Å²) in [5.41, 5.74) is 2.66. The Balaban J connectivity index is 3.20. The van der Waals surface area contributed by atoms with E-state index in [9.17, 15) is 4.79 Å². The van der Waals surface area contributed by atoms with Crippen LogP contribution in [0.2, 0.25) is 0 Å². The molecule has 0 saturated carbocycles. The van der Waals surface area contributed by atoms with Crippen LogP contribution in [0.15, 0.2) is 24.8 Å². The number of carbonyl (C=O) groups is 1. The highest BCUT2D eigenvalue weighted by molar-refractivity contribution is 5.95. The monoisotopic (exact) mass is 175 g/mol. The quantitative estimate of drug-likeness (QED) is 0.715.